The predicted molar refractivity (Wildman–Crippen MR) is 225 cm³/mol. The molecule has 4 heterocycles. The maximum Gasteiger partial charge on any atom is 0.0549 e. The van der Waals surface area contributed by atoms with Gasteiger partial charge in [-0.25, -0.2) is 0 Å². The first kappa shape index (κ1) is 28.9. The standard InChI is InChI=1S/C48H29N4S/c1-3-14-30(15-4-1)46-34-20-9-11-21-38(34)49-48(50-46)52-40-25-24-35-44-32-18-8-7-13-29(32)23-26-43(44)53-47(35)45(40)37-27-36-33-19-10-12-22-39(33)51(41(36)28-42(37)52)31-16-5-2-6-17-31/h1-28,46H/q-1. The molecule has 1 unspecified atom stereocenters. The monoisotopic (exact) mass is 693 g/mol. The largest absolute Gasteiger partial charge is 0.381 e. The second-order valence-corrected chi connectivity index (χ2v) is 15.0. The number of hydrogen-bond acceptors (Lipinski definition) is 2. The van der Waals surface area contributed by atoms with E-state index in [1.807, 2.05) is 11.3 Å². The van der Waals surface area contributed by atoms with Crippen LogP contribution in [0.5, 0.6) is 0 Å². The lowest BCUT2D eigenvalue weighted by Gasteiger charge is -2.35. The first-order chi connectivity index (χ1) is 26.3. The van der Waals surface area contributed by atoms with E-state index in [1.54, 1.807) is 0 Å². The van der Waals surface area contributed by atoms with Gasteiger partial charge in [-0.05, 0) is 74.9 Å². The third-order valence-corrected chi connectivity index (χ3v) is 12.3. The van der Waals surface area contributed by atoms with E-state index in [-0.39, 0.29) is 6.04 Å². The molecule has 53 heavy (non-hydrogen) atoms. The van der Waals surface area contributed by atoms with Crippen LogP contribution in [0.1, 0.15) is 17.2 Å². The molecule has 4 nitrogen and oxygen atoms in total. The minimum atomic E-state index is -0.175. The molecule has 0 bridgehead atoms. The van der Waals surface area contributed by atoms with Crippen molar-refractivity contribution < 1.29 is 0 Å². The van der Waals surface area contributed by atoms with Gasteiger partial charge in [0.1, 0.15) is 0 Å². The zero-order valence-corrected chi connectivity index (χ0v) is 29.3. The number of rotatable bonds is 2. The topological polar surface area (TPSA) is 36.3 Å². The Bertz CT molecular complexity index is 3310. The number of hydrogen-bond donors (Lipinski definition) is 0. The zero-order chi connectivity index (χ0) is 34.6. The Hall–Kier alpha value is -6.69. The highest BCUT2D eigenvalue weighted by Gasteiger charge is 2.23. The molecule has 3 aromatic heterocycles. The molecule has 1 atom stereocenters. The van der Waals surface area contributed by atoms with Crippen LogP contribution >= 0.6 is 11.3 Å². The average Bonchev–Trinajstić information content (AvgIpc) is 3.87. The summed E-state index contributed by atoms with van der Waals surface area (Å²) in [6.07, 6.45) is 0. The van der Waals surface area contributed by atoms with Crippen molar-refractivity contribution >= 4 is 97.5 Å². The summed E-state index contributed by atoms with van der Waals surface area (Å²) < 4.78 is 7.31. The maximum atomic E-state index is 5.51. The Morgan fingerprint density at radius 1 is 0.491 bits per heavy atom. The molecule has 11 aromatic rings. The summed E-state index contributed by atoms with van der Waals surface area (Å²) in [5.74, 6) is 0.699. The van der Waals surface area contributed by atoms with Gasteiger partial charge in [0.05, 0.1) is 11.0 Å². The predicted octanol–water partition coefficient (Wildman–Crippen LogP) is 13.4. The summed E-state index contributed by atoms with van der Waals surface area (Å²) in [6.45, 7) is 0. The van der Waals surface area contributed by atoms with Crippen LogP contribution in [0.25, 0.3) is 85.6 Å². The number of benzene rings is 8. The van der Waals surface area contributed by atoms with Gasteiger partial charge in [0.15, 0.2) is 0 Å². The van der Waals surface area contributed by atoms with Gasteiger partial charge in [0.25, 0.3) is 0 Å². The number of aromatic nitrogens is 2. The minimum Gasteiger partial charge on any atom is -0.381 e. The van der Waals surface area contributed by atoms with Gasteiger partial charge in [-0.2, -0.15) is 0 Å². The van der Waals surface area contributed by atoms with Crippen molar-refractivity contribution in [3.8, 4) is 5.69 Å². The molecule has 5 heteroatoms. The normalized spacial score (nSPS) is 14.5. The number of fused-ring (bicyclic) bond motifs is 13. The van der Waals surface area contributed by atoms with E-state index in [0.29, 0.717) is 5.96 Å². The van der Waals surface area contributed by atoms with E-state index in [0.717, 1.165) is 39.1 Å². The SMILES string of the molecule is c1ccc(C2[N-]C(n3c4cc5c(cc4c4c6sc7ccc8ccccc8c7c6ccc43)c3ccccc3n5-c3ccccc3)=Nc3ccccc32)cc1. The van der Waals surface area contributed by atoms with Crippen molar-refractivity contribution in [1.29, 1.82) is 0 Å². The molecule has 0 saturated heterocycles. The van der Waals surface area contributed by atoms with Crippen LogP contribution in [-0.2, 0) is 0 Å². The third-order valence-electron chi connectivity index (χ3n) is 11.1. The first-order valence-corrected chi connectivity index (χ1v) is 18.9. The Kier molecular flexibility index (Phi) is 5.96. The number of thiophene rings is 1. The smallest absolute Gasteiger partial charge is 0.0549 e. The molecule has 1 aliphatic heterocycles. The highest BCUT2D eigenvalue weighted by atomic mass is 32.1. The van der Waals surface area contributed by atoms with Crippen molar-refractivity contribution in [2.75, 3.05) is 0 Å². The van der Waals surface area contributed by atoms with E-state index in [2.05, 4.69) is 179 Å². The van der Waals surface area contributed by atoms with Crippen LogP contribution in [0.2, 0.25) is 0 Å². The molecule has 0 amide bonds. The second-order valence-electron chi connectivity index (χ2n) is 13.9. The maximum absolute atomic E-state index is 5.51. The molecule has 12 rings (SSSR count). The summed E-state index contributed by atoms with van der Waals surface area (Å²) in [7, 11) is 0. The molecule has 8 aromatic carbocycles. The van der Waals surface area contributed by atoms with Crippen molar-refractivity contribution in [3.05, 3.63) is 186 Å². The average molecular weight is 694 g/mol. The van der Waals surface area contributed by atoms with Gasteiger partial charge < -0.3 is 19.4 Å². The van der Waals surface area contributed by atoms with Crippen LogP contribution < -0.4 is 0 Å². The molecule has 0 fully saturated rings. The van der Waals surface area contributed by atoms with E-state index in [4.69, 9.17) is 10.3 Å². The van der Waals surface area contributed by atoms with Crippen molar-refractivity contribution in [3.63, 3.8) is 0 Å². The van der Waals surface area contributed by atoms with E-state index in [9.17, 15) is 0 Å². The van der Waals surface area contributed by atoms with Crippen molar-refractivity contribution in [2.45, 2.75) is 6.04 Å². The van der Waals surface area contributed by atoms with Gasteiger partial charge in [0, 0.05) is 59.5 Å². The van der Waals surface area contributed by atoms with Crippen molar-refractivity contribution in [1.82, 2.24) is 9.13 Å². The molecular formula is C48H29N4S-. The fraction of sp³-hybridized carbons (Fsp3) is 0.0208. The van der Waals surface area contributed by atoms with Gasteiger partial charge >= 0.3 is 0 Å². The lowest BCUT2D eigenvalue weighted by Crippen LogP contribution is -2.18. The second kappa shape index (κ2) is 10.9. The first-order valence-electron chi connectivity index (χ1n) is 18.0. The summed E-state index contributed by atoms with van der Waals surface area (Å²) in [6, 6.07) is 61.1. The van der Waals surface area contributed by atoms with Gasteiger partial charge in [0.2, 0.25) is 0 Å². The van der Waals surface area contributed by atoms with Gasteiger partial charge in [-0.15, -0.1) is 11.3 Å². The number of nitrogens with zero attached hydrogens (tertiary/aromatic N) is 4. The highest BCUT2D eigenvalue weighted by molar-refractivity contribution is 7.27. The fourth-order valence-electron chi connectivity index (χ4n) is 8.78. The van der Waals surface area contributed by atoms with E-state index < -0.39 is 0 Å². The summed E-state index contributed by atoms with van der Waals surface area (Å²) in [5, 5.41) is 15.6. The van der Waals surface area contributed by atoms with E-state index >= 15 is 0 Å². The molecule has 0 N–H and O–H groups in total. The minimum absolute atomic E-state index is 0.175. The zero-order valence-electron chi connectivity index (χ0n) is 28.4. The van der Waals surface area contributed by atoms with Crippen LogP contribution in [0, 0.1) is 0 Å². The Labute approximate surface area is 308 Å². The Balaban J connectivity index is 1.24. The third kappa shape index (κ3) is 4.08. The highest BCUT2D eigenvalue weighted by Crippen LogP contribution is 2.48. The van der Waals surface area contributed by atoms with Crippen LogP contribution in [0.15, 0.2) is 175 Å². The van der Waals surface area contributed by atoms with Crippen LogP contribution in [0.3, 0.4) is 0 Å². The molecule has 248 valence electrons. The van der Waals surface area contributed by atoms with Crippen LogP contribution in [-0.4, -0.2) is 15.1 Å². The lowest BCUT2D eigenvalue weighted by atomic mass is 9.96. The number of aliphatic imine (C=N–C) groups is 1. The Morgan fingerprint density at radius 3 is 2.11 bits per heavy atom. The Morgan fingerprint density at radius 2 is 1.23 bits per heavy atom. The summed E-state index contributed by atoms with van der Waals surface area (Å²) in [5.41, 5.74) is 8.91. The molecule has 1 aliphatic rings. The summed E-state index contributed by atoms with van der Waals surface area (Å²) >= 11 is 1.89. The van der Waals surface area contributed by atoms with Gasteiger partial charge in [-0.1, -0.05) is 133 Å². The van der Waals surface area contributed by atoms with Crippen molar-refractivity contribution in [2.24, 2.45) is 4.99 Å². The van der Waals surface area contributed by atoms with Crippen LogP contribution in [0.4, 0.5) is 5.69 Å². The lowest BCUT2D eigenvalue weighted by molar-refractivity contribution is 0.964. The van der Waals surface area contributed by atoms with Gasteiger partial charge in [-0.3, -0.25) is 0 Å². The molecule has 0 radical (unpaired) electrons. The molecule has 0 saturated carbocycles. The van der Waals surface area contributed by atoms with E-state index in [1.165, 1.54) is 58.0 Å². The molecule has 0 spiro atoms. The quantitative estimate of drug-likeness (QED) is 0.173. The molecule has 0 aliphatic carbocycles. The molecular weight excluding hydrogens is 665 g/mol. The summed E-state index contributed by atoms with van der Waals surface area (Å²) in [4.78, 5) is 5.34. The fourth-order valence-corrected chi connectivity index (χ4v) is 10.0. The number of para-hydroxylation sites is 3.